The quantitative estimate of drug-likeness (QED) is 0.536. The zero-order valence-corrected chi connectivity index (χ0v) is 19.6. The lowest BCUT2D eigenvalue weighted by Crippen LogP contribution is -2.49. The molecule has 0 radical (unpaired) electrons. The molecule has 1 N–H and O–H groups in total. The van der Waals surface area contributed by atoms with Crippen LogP contribution < -0.4 is 5.56 Å². The fourth-order valence-corrected chi connectivity index (χ4v) is 5.01. The highest BCUT2D eigenvalue weighted by molar-refractivity contribution is 6.07. The Kier molecular flexibility index (Phi) is 7.38. The third kappa shape index (κ3) is 4.49. The molecular weight excluding hydrogens is 430 g/mol. The SMILES string of the molecule is C.CCOCCCN1CCN(C(=O)c2cc3c(cc2C)[nH]c(=O)c2cnn(C4CCC4)c23)CC1. The van der Waals surface area contributed by atoms with Gasteiger partial charge in [-0.1, -0.05) is 7.43 Å². The third-order valence-electron chi connectivity index (χ3n) is 7.19. The number of piperazine rings is 1. The monoisotopic (exact) mass is 467 g/mol. The first kappa shape index (κ1) is 24.4. The first-order valence-electron chi connectivity index (χ1n) is 12.2. The number of aromatic amines is 1. The van der Waals surface area contributed by atoms with E-state index in [-0.39, 0.29) is 18.9 Å². The maximum absolute atomic E-state index is 13.5. The molecule has 1 saturated carbocycles. The molecule has 8 nitrogen and oxygen atoms in total. The van der Waals surface area contributed by atoms with Gasteiger partial charge in [-0.2, -0.15) is 5.10 Å². The van der Waals surface area contributed by atoms with Crippen molar-refractivity contribution in [3.05, 3.63) is 39.8 Å². The number of aromatic nitrogens is 3. The highest BCUT2D eigenvalue weighted by atomic mass is 16.5. The molecule has 1 saturated heterocycles. The number of pyridine rings is 1. The first-order valence-corrected chi connectivity index (χ1v) is 12.2. The van der Waals surface area contributed by atoms with Gasteiger partial charge in [0.15, 0.2) is 0 Å². The molecule has 184 valence electrons. The third-order valence-corrected chi connectivity index (χ3v) is 7.19. The highest BCUT2D eigenvalue weighted by Gasteiger charge is 2.26. The molecule has 3 heterocycles. The van der Waals surface area contributed by atoms with Crippen molar-refractivity contribution >= 4 is 27.7 Å². The minimum absolute atomic E-state index is 0. The van der Waals surface area contributed by atoms with Crippen molar-refractivity contribution in [2.24, 2.45) is 0 Å². The molecule has 1 aromatic carbocycles. The minimum atomic E-state index is -0.123. The van der Waals surface area contributed by atoms with Crippen LogP contribution >= 0.6 is 0 Å². The van der Waals surface area contributed by atoms with Crippen LogP contribution in [0.5, 0.6) is 0 Å². The van der Waals surface area contributed by atoms with Crippen molar-refractivity contribution in [3.8, 4) is 0 Å². The molecule has 0 atom stereocenters. The smallest absolute Gasteiger partial charge is 0.259 e. The number of benzene rings is 1. The van der Waals surface area contributed by atoms with Gasteiger partial charge in [-0.05, 0) is 57.2 Å². The van der Waals surface area contributed by atoms with Crippen LogP contribution in [0.4, 0.5) is 0 Å². The molecule has 8 heteroatoms. The van der Waals surface area contributed by atoms with Gasteiger partial charge in [0.25, 0.3) is 11.5 Å². The number of hydrogen-bond donors (Lipinski definition) is 1. The van der Waals surface area contributed by atoms with E-state index in [1.54, 1.807) is 6.20 Å². The van der Waals surface area contributed by atoms with E-state index in [0.29, 0.717) is 17.0 Å². The molecule has 0 unspecified atom stereocenters. The molecule has 34 heavy (non-hydrogen) atoms. The largest absolute Gasteiger partial charge is 0.382 e. The summed E-state index contributed by atoms with van der Waals surface area (Å²) in [6.07, 6.45) is 6.04. The van der Waals surface area contributed by atoms with Gasteiger partial charge >= 0.3 is 0 Å². The number of nitrogens with one attached hydrogen (secondary N) is 1. The summed E-state index contributed by atoms with van der Waals surface area (Å²) in [4.78, 5) is 33.5. The van der Waals surface area contributed by atoms with Crippen molar-refractivity contribution in [1.82, 2.24) is 24.6 Å². The van der Waals surface area contributed by atoms with E-state index in [2.05, 4.69) is 15.0 Å². The second-order valence-corrected chi connectivity index (χ2v) is 9.29. The summed E-state index contributed by atoms with van der Waals surface area (Å²) < 4.78 is 7.44. The second kappa shape index (κ2) is 10.3. The van der Waals surface area contributed by atoms with Gasteiger partial charge in [-0.15, -0.1) is 0 Å². The average Bonchev–Trinajstić information content (AvgIpc) is 3.21. The Morgan fingerprint density at radius 3 is 2.62 bits per heavy atom. The maximum atomic E-state index is 13.5. The maximum Gasteiger partial charge on any atom is 0.259 e. The second-order valence-electron chi connectivity index (χ2n) is 9.29. The number of ether oxygens (including phenoxy) is 1. The van der Waals surface area contributed by atoms with Gasteiger partial charge in [-0.25, -0.2) is 0 Å². The number of rotatable bonds is 7. The van der Waals surface area contributed by atoms with Crippen LogP contribution in [-0.2, 0) is 4.74 Å². The summed E-state index contributed by atoms with van der Waals surface area (Å²) in [7, 11) is 0. The Morgan fingerprint density at radius 2 is 1.94 bits per heavy atom. The topological polar surface area (TPSA) is 83.5 Å². The van der Waals surface area contributed by atoms with E-state index in [4.69, 9.17) is 4.74 Å². The van der Waals surface area contributed by atoms with E-state index in [0.717, 1.165) is 87.2 Å². The summed E-state index contributed by atoms with van der Waals surface area (Å²) in [6, 6.07) is 4.24. The fourth-order valence-electron chi connectivity index (χ4n) is 5.01. The van der Waals surface area contributed by atoms with Crippen LogP contribution in [0.3, 0.4) is 0 Å². The molecule has 2 fully saturated rings. The van der Waals surface area contributed by atoms with E-state index < -0.39 is 0 Å². The summed E-state index contributed by atoms with van der Waals surface area (Å²) in [5.41, 5.74) is 3.09. The van der Waals surface area contributed by atoms with E-state index in [1.165, 1.54) is 6.42 Å². The van der Waals surface area contributed by atoms with Gasteiger partial charge in [-0.3, -0.25) is 19.2 Å². The number of nitrogens with zero attached hydrogens (tertiary/aromatic N) is 4. The number of hydrogen-bond acceptors (Lipinski definition) is 5. The van der Waals surface area contributed by atoms with Gasteiger partial charge in [0.05, 0.1) is 28.7 Å². The predicted molar refractivity (Wildman–Crippen MR) is 136 cm³/mol. The van der Waals surface area contributed by atoms with Crippen molar-refractivity contribution in [2.45, 2.75) is 53.0 Å². The molecule has 0 spiro atoms. The Bertz CT molecular complexity index is 1220. The summed E-state index contributed by atoms with van der Waals surface area (Å²) in [5, 5.41) is 6.04. The molecule has 2 aromatic heterocycles. The normalized spacial score (nSPS) is 17.2. The van der Waals surface area contributed by atoms with Crippen molar-refractivity contribution in [3.63, 3.8) is 0 Å². The number of aryl methyl sites for hydroxylation is 1. The Labute approximate surface area is 200 Å². The lowest BCUT2D eigenvalue weighted by Gasteiger charge is -2.35. The first-order chi connectivity index (χ1) is 16.1. The molecule has 1 aliphatic heterocycles. The van der Waals surface area contributed by atoms with Crippen LogP contribution in [0.25, 0.3) is 21.8 Å². The molecule has 0 bridgehead atoms. The fraction of sp³-hybridized carbons (Fsp3) is 0.577. The molecule has 5 rings (SSSR count). The zero-order valence-electron chi connectivity index (χ0n) is 19.6. The average molecular weight is 468 g/mol. The highest BCUT2D eigenvalue weighted by Crippen LogP contribution is 2.35. The van der Waals surface area contributed by atoms with Crippen molar-refractivity contribution < 1.29 is 9.53 Å². The predicted octanol–water partition coefficient (Wildman–Crippen LogP) is 3.73. The summed E-state index contributed by atoms with van der Waals surface area (Å²) in [5.74, 6) is 0.0671. The van der Waals surface area contributed by atoms with Gasteiger partial charge in [0.2, 0.25) is 0 Å². The van der Waals surface area contributed by atoms with E-state index >= 15 is 0 Å². The molecule has 1 aliphatic carbocycles. The van der Waals surface area contributed by atoms with E-state index in [1.807, 2.05) is 35.6 Å². The van der Waals surface area contributed by atoms with Crippen LogP contribution in [0, 0.1) is 6.92 Å². The molecular formula is C26H37N5O3. The Hall–Kier alpha value is -2.71. The van der Waals surface area contributed by atoms with Gasteiger partial charge in [0.1, 0.15) is 0 Å². The molecule has 1 amide bonds. The summed E-state index contributed by atoms with van der Waals surface area (Å²) >= 11 is 0. The van der Waals surface area contributed by atoms with Gasteiger partial charge < -0.3 is 14.6 Å². The Morgan fingerprint density at radius 1 is 1.18 bits per heavy atom. The number of carbonyl (C=O) groups excluding carboxylic acids is 1. The standard InChI is InChI=1S/C25H33N5O3.CH4/c1-3-33-13-5-8-28-9-11-29(12-10-28)25(32)19-15-20-22(14-17(19)2)27-24(31)21-16-26-30(23(20)21)18-6-4-7-18;/h14-16,18H,3-13H2,1-2H3,(H,27,31);1H4. The number of carbonyl (C=O) groups is 1. The van der Waals surface area contributed by atoms with Crippen LogP contribution in [0.1, 0.15) is 62.0 Å². The minimum Gasteiger partial charge on any atom is -0.382 e. The molecule has 2 aliphatic rings. The zero-order chi connectivity index (χ0) is 22.9. The Balaban J connectivity index is 0.00000274. The van der Waals surface area contributed by atoms with Gasteiger partial charge in [0, 0.05) is 56.9 Å². The summed E-state index contributed by atoms with van der Waals surface area (Å²) in [6.45, 7) is 9.75. The lowest BCUT2D eigenvalue weighted by atomic mass is 9.93. The number of H-pyrrole nitrogens is 1. The number of fused-ring (bicyclic) bond motifs is 3. The van der Waals surface area contributed by atoms with Crippen LogP contribution in [0.15, 0.2) is 23.1 Å². The lowest BCUT2D eigenvalue weighted by molar-refractivity contribution is 0.0615. The van der Waals surface area contributed by atoms with E-state index in [9.17, 15) is 9.59 Å². The van der Waals surface area contributed by atoms with Crippen molar-refractivity contribution in [2.75, 3.05) is 45.9 Å². The van der Waals surface area contributed by atoms with Crippen molar-refractivity contribution in [1.29, 1.82) is 0 Å². The molecule has 3 aromatic rings. The number of amides is 1. The van der Waals surface area contributed by atoms with Crippen LogP contribution in [0.2, 0.25) is 0 Å². The van der Waals surface area contributed by atoms with Crippen LogP contribution in [-0.4, -0.2) is 76.4 Å².